The van der Waals surface area contributed by atoms with Crippen molar-refractivity contribution in [3.05, 3.63) is 0 Å². The molecule has 0 bridgehead atoms. The standard InChI is InChI=1S/2C4H9.Al.HO2P/c2*1-4(2)3;;1-3-2/h2*4H,1H2,2-3H3;;(H,1,2)/q;;+1;/p-1. The first-order valence-electron chi connectivity index (χ1n) is 4.54. The maximum atomic E-state index is 10.3. The van der Waals surface area contributed by atoms with Crippen LogP contribution in [0.4, 0.5) is 0 Å². The Hall–Kier alpha value is 0.592. The molecule has 4 heteroatoms. The molecule has 0 aliphatic heterocycles. The van der Waals surface area contributed by atoms with Gasteiger partial charge in [-0.2, -0.15) is 0 Å². The summed E-state index contributed by atoms with van der Waals surface area (Å²) in [5.41, 5.74) is 0. The van der Waals surface area contributed by atoms with Crippen molar-refractivity contribution in [1.82, 2.24) is 0 Å². The monoisotopic (exact) mass is 204 g/mol. The van der Waals surface area contributed by atoms with Crippen LogP contribution in [-0.4, -0.2) is 14.5 Å². The highest BCUT2D eigenvalue weighted by atomic mass is 31.1. The zero-order chi connectivity index (χ0) is 9.56. The van der Waals surface area contributed by atoms with Crippen LogP contribution in [0.15, 0.2) is 0 Å². The lowest BCUT2D eigenvalue weighted by Gasteiger charge is -2.11. The van der Waals surface area contributed by atoms with E-state index < -0.39 is 14.5 Å². The van der Waals surface area contributed by atoms with Crippen LogP contribution in [0.1, 0.15) is 27.7 Å². The lowest BCUT2D eigenvalue weighted by Crippen LogP contribution is -2.18. The van der Waals surface area contributed by atoms with Gasteiger partial charge in [-0.3, -0.25) is 0 Å². The van der Waals surface area contributed by atoms with Crippen molar-refractivity contribution >= 4 is 23.2 Å². The topological polar surface area (TPSA) is 26.3 Å². The van der Waals surface area contributed by atoms with E-state index in [2.05, 4.69) is 27.7 Å². The average molecular weight is 204 g/mol. The number of hydrogen-bond donors (Lipinski definition) is 0. The summed E-state index contributed by atoms with van der Waals surface area (Å²) in [6, 6.07) is 0. The normalized spacial score (nSPS) is 11.5. The molecule has 0 heterocycles. The van der Waals surface area contributed by atoms with Crippen LogP contribution in [0.3, 0.4) is 0 Å². The molecule has 0 aromatic carbocycles. The Balaban J connectivity index is 3.77. The molecule has 0 unspecified atom stereocenters. The Labute approximate surface area is 81.7 Å². The Morgan fingerprint density at radius 2 is 1.58 bits per heavy atom. The quantitative estimate of drug-likeness (QED) is 0.488. The summed E-state index contributed by atoms with van der Waals surface area (Å²) in [6.07, 6.45) is 0. The molecular weight excluding hydrogens is 186 g/mol. The van der Waals surface area contributed by atoms with Crippen LogP contribution in [0.25, 0.3) is 0 Å². The van der Waals surface area contributed by atoms with Crippen molar-refractivity contribution in [2.75, 3.05) is 0 Å². The summed E-state index contributed by atoms with van der Waals surface area (Å²) in [5, 5.41) is 2.26. The van der Waals surface area contributed by atoms with Crippen molar-refractivity contribution in [3.8, 4) is 0 Å². The molecule has 0 aromatic rings. The van der Waals surface area contributed by atoms with Crippen molar-refractivity contribution in [2.24, 2.45) is 11.8 Å². The Morgan fingerprint density at radius 1 is 1.17 bits per heavy atom. The molecule has 0 atom stereocenters. The van der Waals surface area contributed by atoms with Crippen LogP contribution >= 0.6 is 8.69 Å². The second-order valence-electron chi connectivity index (χ2n) is 4.06. The molecule has 0 aliphatic rings. The van der Waals surface area contributed by atoms with Gasteiger partial charge in [0.05, 0.1) is 0 Å². The van der Waals surface area contributed by atoms with E-state index >= 15 is 0 Å². The van der Waals surface area contributed by atoms with Crippen molar-refractivity contribution in [1.29, 1.82) is 0 Å². The molecule has 0 saturated heterocycles. The van der Waals surface area contributed by atoms with Crippen molar-refractivity contribution < 1.29 is 8.14 Å². The Bertz CT molecular complexity index is 118. The largest absolute Gasteiger partial charge is 0.476 e. The molecule has 70 valence electrons. The summed E-state index contributed by atoms with van der Waals surface area (Å²) in [4.78, 5) is 0. The van der Waals surface area contributed by atoms with E-state index in [1.807, 2.05) is 0 Å². The summed E-state index contributed by atoms with van der Waals surface area (Å²) in [7, 11) is -0.123. The smallest absolute Gasteiger partial charge is 0.421 e. The molecule has 2 nitrogen and oxygen atoms in total. The van der Waals surface area contributed by atoms with Gasteiger partial charge in [0.2, 0.25) is 0 Å². The molecule has 0 rings (SSSR count). The van der Waals surface area contributed by atoms with Gasteiger partial charge in [-0.1, -0.05) is 50.1 Å². The van der Waals surface area contributed by atoms with Gasteiger partial charge in [0.15, 0.2) is 0 Å². The first-order valence-corrected chi connectivity index (χ1v) is 7.38. The molecule has 0 aliphatic carbocycles. The molecule has 0 N–H and O–H groups in total. The summed E-state index contributed by atoms with van der Waals surface area (Å²) < 4.78 is 15.5. The van der Waals surface area contributed by atoms with Gasteiger partial charge < -0.3 is 3.58 Å². The fourth-order valence-corrected chi connectivity index (χ4v) is 4.77. The van der Waals surface area contributed by atoms with Crippen LogP contribution in [0.5, 0.6) is 0 Å². The number of hydrogen-bond acceptors (Lipinski definition) is 2. The summed E-state index contributed by atoms with van der Waals surface area (Å²) in [5.74, 6) is 1.34. The van der Waals surface area contributed by atoms with Crippen LogP contribution in [0.2, 0.25) is 10.6 Å². The lowest BCUT2D eigenvalue weighted by atomic mass is 10.3. The molecule has 12 heavy (non-hydrogen) atoms. The van der Waals surface area contributed by atoms with E-state index in [-0.39, 0.29) is 8.69 Å². The fraction of sp³-hybridized carbons (Fsp3) is 1.00. The van der Waals surface area contributed by atoms with Crippen molar-refractivity contribution in [2.45, 2.75) is 38.3 Å². The second kappa shape index (κ2) is 7.04. The van der Waals surface area contributed by atoms with Crippen LogP contribution < -0.4 is 0 Å². The molecule has 0 radical (unpaired) electrons. The Morgan fingerprint density at radius 3 is 1.83 bits per heavy atom. The highest BCUT2D eigenvalue weighted by Crippen LogP contribution is 2.18. The molecule has 0 fully saturated rings. The zero-order valence-electron chi connectivity index (χ0n) is 8.41. The highest BCUT2D eigenvalue weighted by Gasteiger charge is 2.23. The Kier molecular flexibility index (Phi) is 7.39. The van der Waals surface area contributed by atoms with Crippen LogP contribution in [-0.2, 0) is 8.14 Å². The minimum absolute atomic E-state index is 0.123. The van der Waals surface area contributed by atoms with Crippen LogP contribution in [0, 0.1) is 11.8 Å². The maximum absolute atomic E-state index is 10.3. The zero-order valence-corrected chi connectivity index (χ0v) is 10.5. The SMILES string of the molecule is CC(C)[CH2][Al]([CH2]C(C)C)[O]P=O. The predicted octanol–water partition coefficient (Wildman–Crippen LogP) is 3.51. The fourth-order valence-electron chi connectivity index (χ4n) is 1.29. The third kappa shape index (κ3) is 7.25. The van der Waals surface area contributed by atoms with Gasteiger partial charge in [-0.25, -0.2) is 4.57 Å². The molecule has 0 amide bonds. The van der Waals surface area contributed by atoms with Crippen molar-refractivity contribution in [3.63, 3.8) is 0 Å². The van der Waals surface area contributed by atoms with E-state index in [0.29, 0.717) is 11.8 Å². The summed E-state index contributed by atoms with van der Waals surface area (Å²) >= 11 is -1.17. The van der Waals surface area contributed by atoms with Gasteiger partial charge in [-0.05, 0) is 0 Å². The lowest BCUT2D eigenvalue weighted by molar-refractivity contribution is 0.513. The van der Waals surface area contributed by atoms with E-state index in [1.54, 1.807) is 0 Å². The molecule has 0 saturated carbocycles. The first-order chi connectivity index (χ1) is 5.56. The van der Waals surface area contributed by atoms with Gasteiger partial charge in [-0.15, -0.1) is 0 Å². The molecule has 0 aromatic heterocycles. The molecular formula is C8H18AlO2P. The van der Waals surface area contributed by atoms with Gasteiger partial charge in [0.1, 0.15) is 0 Å². The van der Waals surface area contributed by atoms with E-state index in [0.717, 1.165) is 10.6 Å². The third-order valence-electron chi connectivity index (χ3n) is 1.66. The summed E-state index contributed by atoms with van der Waals surface area (Å²) in [6.45, 7) is 8.74. The van der Waals surface area contributed by atoms with Gasteiger partial charge >= 0.3 is 14.5 Å². The second-order valence-corrected chi connectivity index (χ2v) is 7.24. The highest BCUT2D eigenvalue weighted by molar-refractivity contribution is 7.19. The maximum Gasteiger partial charge on any atom is 0.476 e. The number of rotatable bonds is 6. The van der Waals surface area contributed by atoms with E-state index in [9.17, 15) is 4.57 Å². The minimum atomic E-state index is -1.17. The first kappa shape index (κ1) is 12.6. The van der Waals surface area contributed by atoms with Gasteiger partial charge in [0.25, 0.3) is 8.69 Å². The van der Waals surface area contributed by atoms with Gasteiger partial charge in [0, 0.05) is 0 Å². The minimum Gasteiger partial charge on any atom is -0.421 e. The predicted molar refractivity (Wildman–Crippen MR) is 53.7 cm³/mol. The van der Waals surface area contributed by atoms with E-state index in [4.69, 9.17) is 3.58 Å². The molecule has 0 spiro atoms. The third-order valence-corrected chi connectivity index (χ3v) is 6.13. The van der Waals surface area contributed by atoms with E-state index in [1.165, 1.54) is 0 Å². The average Bonchev–Trinajstić information content (AvgIpc) is 1.84.